The minimum Gasteiger partial charge on any atom is -0.497 e. The largest absolute Gasteiger partial charge is 0.497 e. The molecule has 0 radical (unpaired) electrons. The molecule has 2 atom stereocenters. The molecule has 2 fully saturated rings. The summed E-state index contributed by atoms with van der Waals surface area (Å²) >= 11 is 0. The van der Waals surface area contributed by atoms with Gasteiger partial charge in [0.15, 0.2) is 5.78 Å². The maximum atomic E-state index is 13.6. The smallest absolute Gasteiger partial charge is 0.295 e. The molecule has 1 aliphatic carbocycles. The molecule has 2 heterocycles. The van der Waals surface area contributed by atoms with Crippen LogP contribution in [-0.2, 0) is 9.59 Å². The molecule has 2 aliphatic rings. The van der Waals surface area contributed by atoms with Gasteiger partial charge in [0.25, 0.3) is 5.91 Å². The van der Waals surface area contributed by atoms with Gasteiger partial charge in [-0.3, -0.25) is 14.4 Å². The predicted octanol–water partition coefficient (Wildman–Crippen LogP) is 4.54. The molecule has 2 unspecified atom stereocenters. The predicted molar refractivity (Wildman–Crippen MR) is 122 cm³/mol. The standard InChI is InChI=1S/C26H26N2O4/c1-32-20-10-7-17(8-11-20)24(29)22-23(16-5-3-2-4-6-16)28(26(31)25(22)30)19-9-12-21-18(15-19)13-14-27-21/h7-16,22-23,27H,2-6H2,1H3. The van der Waals surface area contributed by atoms with Crippen molar-refractivity contribution in [2.75, 3.05) is 12.0 Å². The first-order valence-electron chi connectivity index (χ1n) is 11.2. The summed E-state index contributed by atoms with van der Waals surface area (Å²) in [6.07, 6.45) is 6.94. The first kappa shape index (κ1) is 20.5. The van der Waals surface area contributed by atoms with Gasteiger partial charge in [-0.05, 0) is 67.3 Å². The minimum atomic E-state index is -0.985. The summed E-state index contributed by atoms with van der Waals surface area (Å²) in [5.41, 5.74) is 2.07. The van der Waals surface area contributed by atoms with Gasteiger partial charge in [-0.2, -0.15) is 0 Å². The van der Waals surface area contributed by atoms with Crippen molar-refractivity contribution in [3.8, 4) is 5.75 Å². The third-order valence-corrected chi connectivity index (χ3v) is 6.96. The highest BCUT2D eigenvalue weighted by atomic mass is 16.5. The van der Waals surface area contributed by atoms with Gasteiger partial charge in [-0.15, -0.1) is 0 Å². The molecule has 0 bridgehead atoms. The number of aromatic amines is 1. The summed E-state index contributed by atoms with van der Waals surface area (Å²) in [5.74, 6) is -1.69. The number of amides is 1. The van der Waals surface area contributed by atoms with Crippen molar-refractivity contribution in [2.45, 2.75) is 38.1 Å². The van der Waals surface area contributed by atoms with Crippen molar-refractivity contribution in [1.82, 2.24) is 4.98 Å². The first-order chi connectivity index (χ1) is 15.6. The lowest BCUT2D eigenvalue weighted by molar-refractivity contribution is -0.135. The summed E-state index contributed by atoms with van der Waals surface area (Å²) < 4.78 is 5.19. The van der Waals surface area contributed by atoms with Crippen molar-refractivity contribution in [3.63, 3.8) is 0 Å². The van der Waals surface area contributed by atoms with Crippen LogP contribution in [0.1, 0.15) is 42.5 Å². The number of rotatable bonds is 5. The van der Waals surface area contributed by atoms with E-state index in [2.05, 4.69) is 4.98 Å². The number of nitrogens with zero attached hydrogens (tertiary/aromatic N) is 1. The summed E-state index contributed by atoms with van der Waals surface area (Å²) in [6.45, 7) is 0. The van der Waals surface area contributed by atoms with Crippen molar-refractivity contribution in [2.24, 2.45) is 11.8 Å². The Kier molecular flexibility index (Phi) is 5.29. The van der Waals surface area contributed by atoms with Crippen LogP contribution in [0.2, 0.25) is 0 Å². The molecule has 1 aliphatic heterocycles. The van der Waals surface area contributed by atoms with E-state index in [0.29, 0.717) is 17.0 Å². The lowest BCUT2D eigenvalue weighted by Gasteiger charge is -2.35. The van der Waals surface area contributed by atoms with E-state index < -0.39 is 23.7 Å². The van der Waals surface area contributed by atoms with Gasteiger partial charge < -0.3 is 14.6 Å². The second kappa shape index (κ2) is 8.26. The maximum Gasteiger partial charge on any atom is 0.295 e. The molecule has 1 saturated carbocycles. The Hall–Kier alpha value is -3.41. The third-order valence-electron chi connectivity index (χ3n) is 6.96. The summed E-state index contributed by atoms with van der Waals surface area (Å²) in [5, 5.41) is 0.968. The zero-order valence-corrected chi connectivity index (χ0v) is 18.0. The molecule has 6 heteroatoms. The number of aromatic nitrogens is 1. The zero-order chi connectivity index (χ0) is 22.2. The number of anilines is 1. The molecule has 1 saturated heterocycles. The Morgan fingerprint density at radius 2 is 1.75 bits per heavy atom. The normalized spacial score (nSPS) is 22.0. The zero-order valence-electron chi connectivity index (χ0n) is 18.0. The van der Waals surface area contributed by atoms with Crippen molar-refractivity contribution in [1.29, 1.82) is 0 Å². The van der Waals surface area contributed by atoms with Crippen LogP contribution < -0.4 is 9.64 Å². The van der Waals surface area contributed by atoms with Gasteiger partial charge in [0.1, 0.15) is 11.7 Å². The molecule has 2 aromatic carbocycles. The summed E-state index contributed by atoms with van der Waals surface area (Å²) in [4.78, 5) is 44.8. The molecule has 1 amide bonds. The number of Topliss-reactive ketones (excluding diaryl/α,β-unsaturated/α-hetero) is 2. The third kappa shape index (κ3) is 3.40. The molecular weight excluding hydrogens is 404 g/mol. The molecule has 6 nitrogen and oxygen atoms in total. The molecule has 32 heavy (non-hydrogen) atoms. The van der Waals surface area contributed by atoms with Crippen LogP contribution >= 0.6 is 0 Å². The Bertz CT molecular complexity index is 1170. The number of fused-ring (bicyclic) bond motifs is 1. The Morgan fingerprint density at radius 1 is 1.00 bits per heavy atom. The monoisotopic (exact) mass is 430 g/mol. The Morgan fingerprint density at radius 3 is 2.47 bits per heavy atom. The number of benzene rings is 2. The highest BCUT2D eigenvalue weighted by Gasteiger charge is 2.54. The summed E-state index contributed by atoms with van der Waals surface area (Å²) in [6, 6.07) is 13.9. The van der Waals surface area contributed by atoms with Gasteiger partial charge in [0.05, 0.1) is 13.2 Å². The Labute approximate surface area is 186 Å². The number of hydrogen-bond acceptors (Lipinski definition) is 4. The highest BCUT2D eigenvalue weighted by molar-refractivity contribution is 6.49. The highest BCUT2D eigenvalue weighted by Crippen LogP contribution is 2.41. The number of nitrogens with one attached hydrogen (secondary N) is 1. The van der Waals surface area contributed by atoms with E-state index >= 15 is 0 Å². The number of carbonyl (C=O) groups excluding carboxylic acids is 3. The maximum absolute atomic E-state index is 13.6. The van der Waals surface area contributed by atoms with E-state index in [9.17, 15) is 14.4 Å². The van der Waals surface area contributed by atoms with E-state index in [1.807, 2.05) is 30.5 Å². The van der Waals surface area contributed by atoms with Crippen LogP contribution in [0.3, 0.4) is 0 Å². The average molecular weight is 431 g/mol. The van der Waals surface area contributed by atoms with Crippen LogP contribution in [0.15, 0.2) is 54.7 Å². The first-order valence-corrected chi connectivity index (χ1v) is 11.2. The molecule has 164 valence electrons. The van der Waals surface area contributed by atoms with Gasteiger partial charge in [0.2, 0.25) is 5.78 Å². The SMILES string of the molecule is COc1ccc(C(=O)C2C(=O)C(=O)N(c3ccc4[nH]ccc4c3)C2C2CCCCC2)cc1. The molecule has 1 aromatic heterocycles. The molecule has 1 N–H and O–H groups in total. The van der Waals surface area contributed by atoms with E-state index in [4.69, 9.17) is 4.74 Å². The quantitative estimate of drug-likeness (QED) is 0.366. The topological polar surface area (TPSA) is 79.5 Å². The van der Waals surface area contributed by atoms with Crippen LogP contribution in [0.5, 0.6) is 5.75 Å². The summed E-state index contributed by atoms with van der Waals surface area (Å²) in [7, 11) is 1.56. The second-order valence-corrected chi connectivity index (χ2v) is 8.75. The average Bonchev–Trinajstić information content (AvgIpc) is 3.41. The van der Waals surface area contributed by atoms with Crippen molar-refractivity contribution < 1.29 is 19.1 Å². The second-order valence-electron chi connectivity index (χ2n) is 8.75. The van der Waals surface area contributed by atoms with Crippen molar-refractivity contribution in [3.05, 3.63) is 60.3 Å². The van der Waals surface area contributed by atoms with E-state index in [-0.39, 0.29) is 11.7 Å². The van der Waals surface area contributed by atoms with Crippen LogP contribution in [0.4, 0.5) is 5.69 Å². The van der Waals surface area contributed by atoms with Crippen LogP contribution in [0.25, 0.3) is 10.9 Å². The van der Waals surface area contributed by atoms with Gasteiger partial charge in [0, 0.05) is 28.4 Å². The van der Waals surface area contributed by atoms with Gasteiger partial charge in [-0.1, -0.05) is 19.3 Å². The lowest BCUT2D eigenvalue weighted by atomic mass is 9.76. The molecule has 0 spiro atoms. The van der Waals surface area contributed by atoms with E-state index in [0.717, 1.165) is 43.0 Å². The van der Waals surface area contributed by atoms with Crippen LogP contribution in [0, 0.1) is 11.8 Å². The fraction of sp³-hybridized carbons (Fsp3) is 0.346. The number of ketones is 2. The number of H-pyrrole nitrogens is 1. The molecular formula is C26H26N2O4. The fourth-order valence-electron chi connectivity index (χ4n) is 5.34. The van der Waals surface area contributed by atoms with Gasteiger partial charge >= 0.3 is 0 Å². The Balaban J connectivity index is 1.57. The number of carbonyl (C=O) groups is 3. The fourth-order valence-corrected chi connectivity index (χ4v) is 5.34. The number of ether oxygens (including phenoxy) is 1. The van der Waals surface area contributed by atoms with Gasteiger partial charge in [-0.25, -0.2) is 0 Å². The lowest BCUT2D eigenvalue weighted by Crippen LogP contribution is -2.43. The number of methoxy groups -OCH3 is 1. The van der Waals surface area contributed by atoms with Crippen LogP contribution in [-0.4, -0.2) is 35.6 Å². The van der Waals surface area contributed by atoms with Crippen molar-refractivity contribution >= 4 is 34.1 Å². The van der Waals surface area contributed by atoms with E-state index in [1.54, 1.807) is 36.3 Å². The molecule has 5 rings (SSSR count). The molecule has 3 aromatic rings. The van der Waals surface area contributed by atoms with E-state index in [1.165, 1.54) is 0 Å². The number of hydrogen-bond donors (Lipinski definition) is 1. The minimum absolute atomic E-state index is 0.119.